The summed E-state index contributed by atoms with van der Waals surface area (Å²) in [4.78, 5) is 42.0. The molecule has 2 aliphatic rings. The summed E-state index contributed by atoms with van der Waals surface area (Å²) in [5.74, 6) is -0.188. The van der Waals surface area contributed by atoms with Gasteiger partial charge in [-0.3, -0.25) is 14.4 Å². The second kappa shape index (κ2) is 9.87. The Morgan fingerprint density at radius 1 is 0.971 bits per heavy atom. The minimum Gasteiger partial charge on any atom is -0.344 e. The van der Waals surface area contributed by atoms with Crippen LogP contribution < -0.4 is 5.32 Å². The predicted molar refractivity (Wildman–Crippen MR) is 132 cm³/mol. The molecule has 4 rings (SSSR count). The number of hydrogen-bond donors (Lipinski definition) is 1. The second-order valence-corrected chi connectivity index (χ2v) is 9.82. The molecule has 0 radical (unpaired) electrons. The van der Waals surface area contributed by atoms with Gasteiger partial charge >= 0.3 is 0 Å². The molecule has 0 unspecified atom stereocenters. The summed E-state index contributed by atoms with van der Waals surface area (Å²) < 4.78 is 1.97. The third-order valence-corrected chi connectivity index (χ3v) is 7.11. The fourth-order valence-electron chi connectivity index (χ4n) is 5.27. The van der Waals surface area contributed by atoms with E-state index < -0.39 is 6.04 Å². The summed E-state index contributed by atoms with van der Waals surface area (Å²) >= 11 is 0. The number of aromatic nitrogens is 1. The van der Waals surface area contributed by atoms with Crippen LogP contribution in [-0.4, -0.2) is 64.3 Å². The third kappa shape index (κ3) is 5.08. The molecule has 2 saturated heterocycles. The molecule has 2 aromatic rings. The molecule has 7 nitrogen and oxygen atoms in total. The first kappa shape index (κ1) is 23.8. The Balaban J connectivity index is 1.40. The number of amides is 3. The number of benzene rings is 1. The van der Waals surface area contributed by atoms with Crippen LogP contribution in [-0.2, 0) is 9.59 Å². The average molecular weight is 463 g/mol. The molecule has 180 valence electrons. The fraction of sp³-hybridized carbons (Fsp3) is 0.444. The molecular weight excluding hydrogens is 428 g/mol. The molecule has 3 amide bonds. The minimum absolute atomic E-state index is 0.0331. The number of carbonyl (C=O) groups excluding carboxylic acids is 3. The standard InChI is InChI=1S/C27H34N4O3/c1-20(2)18-23(28-21(3)32)26(34)31-17-12-27(19-31)10-15-30(16-11-27)25(33)22-8-4-5-9-24(22)29-13-6-7-14-29/h4-9,13-14,23H,1,10-12,15-19H2,2-3H3,(H,28,32)/t23-/m0/s1. The van der Waals surface area contributed by atoms with Crippen molar-refractivity contribution in [2.24, 2.45) is 5.41 Å². The van der Waals surface area contributed by atoms with Crippen molar-refractivity contribution in [3.8, 4) is 5.69 Å². The van der Waals surface area contributed by atoms with E-state index in [0.717, 1.165) is 30.5 Å². The van der Waals surface area contributed by atoms with Crippen LogP contribution in [0.5, 0.6) is 0 Å². The molecule has 3 heterocycles. The van der Waals surface area contributed by atoms with E-state index in [1.165, 1.54) is 6.92 Å². The van der Waals surface area contributed by atoms with E-state index in [9.17, 15) is 14.4 Å². The van der Waals surface area contributed by atoms with Crippen LogP contribution in [0.25, 0.3) is 5.69 Å². The maximum absolute atomic E-state index is 13.4. The molecule has 7 heteroatoms. The summed E-state index contributed by atoms with van der Waals surface area (Å²) in [7, 11) is 0. The number of rotatable bonds is 6. The number of likely N-dealkylation sites (tertiary alicyclic amines) is 2. The Hall–Kier alpha value is -3.35. The average Bonchev–Trinajstić information content (AvgIpc) is 3.49. The SMILES string of the molecule is C=C(C)C[C@H](NC(C)=O)C(=O)N1CCC2(CCN(C(=O)c3ccccc3-n3cccc3)CC2)C1. The lowest BCUT2D eigenvalue weighted by molar-refractivity contribution is -0.135. The Morgan fingerprint density at radius 2 is 1.59 bits per heavy atom. The van der Waals surface area contributed by atoms with Crippen LogP contribution >= 0.6 is 0 Å². The Bertz CT molecular complexity index is 1050. The summed E-state index contributed by atoms with van der Waals surface area (Å²) in [5, 5.41) is 2.79. The van der Waals surface area contributed by atoms with Gasteiger partial charge in [0.1, 0.15) is 6.04 Å². The highest BCUT2D eigenvalue weighted by molar-refractivity contribution is 5.98. The zero-order valence-corrected chi connectivity index (χ0v) is 20.1. The Morgan fingerprint density at radius 3 is 2.21 bits per heavy atom. The summed E-state index contributed by atoms with van der Waals surface area (Å²) in [6.45, 7) is 9.95. The molecule has 2 aliphatic heterocycles. The lowest BCUT2D eigenvalue weighted by Gasteiger charge is -2.39. The molecule has 1 spiro atoms. The normalized spacial score (nSPS) is 18.1. The quantitative estimate of drug-likeness (QED) is 0.669. The molecular formula is C27H34N4O3. The zero-order chi connectivity index (χ0) is 24.3. The molecule has 0 bridgehead atoms. The maximum atomic E-state index is 13.4. The second-order valence-electron chi connectivity index (χ2n) is 9.82. The summed E-state index contributed by atoms with van der Waals surface area (Å²) in [6.07, 6.45) is 7.03. The van der Waals surface area contributed by atoms with Crippen LogP contribution in [0.2, 0.25) is 0 Å². The van der Waals surface area contributed by atoms with Crippen molar-refractivity contribution >= 4 is 17.7 Å². The van der Waals surface area contributed by atoms with E-state index in [0.29, 0.717) is 38.2 Å². The van der Waals surface area contributed by atoms with E-state index in [4.69, 9.17) is 0 Å². The highest BCUT2D eigenvalue weighted by atomic mass is 16.2. The number of piperidine rings is 1. The lowest BCUT2D eigenvalue weighted by Crippen LogP contribution is -2.49. The third-order valence-electron chi connectivity index (χ3n) is 7.11. The predicted octanol–water partition coefficient (Wildman–Crippen LogP) is 3.40. The van der Waals surface area contributed by atoms with Gasteiger partial charge in [-0.05, 0) is 62.3 Å². The molecule has 1 aromatic heterocycles. The van der Waals surface area contributed by atoms with E-state index in [-0.39, 0.29) is 23.1 Å². The van der Waals surface area contributed by atoms with Crippen molar-refractivity contribution in [3.63, 3.8) is 0 Å². The first-order valence-corrected chi connectivity index (χ1v) is 12.0. The molecule has 0 aliphatic carbocycles. The molecule has 1 aromatic carbocycles. The monoisotopic (exact) mass is 462 g/mol. The van der Waals surface area contributed by atoms with Crippen LogP contribution in [0.1, 0.15) is 49.9 Å². The van der Waals surface area contributed by atoms with Gasteiger partial charge in [-0.1, -0.05) is 17.7 Å². The topological polar surface area (TPSA) is 74.7 Å². The van der Waals surface area contributed by atoms with Crippen molar-refractivity contribution in [1.82, 2.24) is 19.7 Å². The van der Waals surface area contributed by atoms with Crippen molar-refractivity contribution < 1.29 is 14.4 Å². The van der Waals surface area contributed by atoms with Crippen LogP contribution in [0, 0.1) is 5.41 Å². The van der Waals surface area contributed by atoms with Crippen LogP contribution in [0.4, 0.5) is 0 Å². The van der Waals surface area contributed by atoms with E-state index in [1.807, 2.05) is 70.1 Å². The molecule has 2 fully saturated rings. The van der Waals surface area contributed by atoms with Crippen LogP contribution in [0.3, 0.4) is 0 Å². The number of hydrogen-bond acceptors (Lipinski definition) is 3. The van der Waals surface area contributed by atoms with Gasteiger partial charge in [-0.2, -0.15) is 0 Å². The van der Waals surface area contributed by atoms with Gasteiger partial charge in [0.15, 0.2) is 0 Å². The molecule has 34 heavy (non-hydrogen) atoms. The number of carbonyl (C=O) groups is 3. The van der Waals surface area contributed by atoms with Gasteiger partial charge in [0.05, 0.1) is 11.3 Å². The minimum atomic E-state index is -0.558. The molecule has 1 atom stereocenters. The largest absolute Gasteiger partial charge is 0.344 e. The van der Waals surface area contributed by atoms with Crippen molar-refractivity contribution in [3.05, 3.63) is 66.5 Å². The Labute approximate surface area is 201 Å². The van der Waals surface area contributed by atoms with Crippen molar-refractivity contribution in [2.45, 2.75) is 45.6 Å². The first-order chi connectivity index (χ1) is 16.3. The number of para-hydroxylation sites is 1. The van der Waals surface area contributed by atoms with Gasteiger partial charge in [0.25, 0.3) is 5.91 Å². The first-order valence-electron chi connectivity index (χ1n) is 12.0. The highest BCUT2D eigenvalue weighted by Crippen LogP contribution is 2.41. The molecule has 1 N–H and O–H groups in total. The van der Waals surface area contributed by atoms with Gasteiger partial charge in [0, 0.05) is 45.5 Å². The lowest BCUT2D eigenvalue weighted by atomic mass is 9.77. The van der Waals surface area contributed by atoms with E-state index in [2.05, 4.69) is 11.9 Å². The van der Waals surface area contributed by atoms with E-state index in [1.54, 1.807) is 0 Å². The maximum Gasteiger partial charge on any atom is 0.255 e. The van der Waals surface area contributed by atoms with Crippen molar-refractivity contribution in [2.75, 3.05) is 26.2 Å². The van der Waals surface area contributed by atoms with Crippen molar-refractivity contribution in [1.29, 1.82) is 0 Å². The van der Waals surface area contributed by atoms with Crippen LogP contribution in [0.15, 0.2) is 60.9 Å². The van der Waals surface area contributed by atoms with E-state index >= 15 is 0 Å². The number of nitrogens with one attached hydrogen (secondary N) is 1. The fourth-order valence-corrected chi connectivity index (χ4v) is 5.27. The molecule has 0 saturated carbocycles. The van der Waals surface area contributed by atoms with Gasteiger partial charge < -0.3 is 19.7 Å². The van der Waals surface area contributed by atoms with Gasteiger partial charge in [-0.15, -0.1) is 6.58 Å². The smallest absolute Gasteiger partial charge is 0.255 e. The summed E-state index contributed by atoms with van der Waals surface area (Å²) in [6, 6.07) is 11.1. The Kier molecular flexibility index (Phi) is 6.91. The van der Waals surface area contributed by atoms with Gasteiger partial charge in [0.2, 0.25) is 11.8 Å². The zero-order valence-electron chi connectivity index (χ0n) is 20.1. The highest BCUT2D eigenvalue weighted by Gasteiger charge is 2.44. The number of nitrogens with zero attached hydrogens (tertiary/aromatic N) is 3. The summed E-state index contributed by atoms with van der Waals surface area (Å²) in [5.41, 5.74) is 2.50. The van der Waals surface area contributed by atoms with Gasteiger partial charge in [-0.25, -0.2) is 0 Å².